The molecule has 0 aromatic heterocycles. The zero-order valence-electron chi connectivity index (χ0n) is 20.0. The van der Waals surface area contributed by atoms with Gasteiger partial charge in [0.2, 0.25) is 0 Å². The third-order valence-electron chi connectivity index (χ3n) is 7.01. The highest BCUT2D eigenvalue weighted by Crippen LogP contribution is 2.48. The van der Waals surface area contributed by atoms with Gasteiger partial charge in [-0.1, -0.05) is 43.1 Å². The minimum absolute atomic E-state index is 0.0240. The average Bonchev–Trinajstić information content (AvgIpc) is 2.82. The highest BCUT2D eigenvalue weighted by atomic mass is 35.5. The molecule has 0 aliphatic carbocycles. The van der Waals surface area contributed by atoms with Gasteiger partial charge >= 0.3 is 0 Å². The second-order valence-corrected chi connectivity index (χ2v) is 9.74. The van der Waals surface area contributed by atoms with Gasteiger partial charge in [-0.2, -0.15) is 0 Å². The van der Waals surface area contributed by atoms with E-state index < -0.39 is 6.10 Å². The van der Waals surface area contributed by atoms with Crippen LogP contribution in [0.5, 0.6) is 23.0 Å². The lowest BCUT2D eigenvalue weighted by molar-refractivity contribution is 0.0806. The molecule has 2 heterocycles. The molecule has 3 aromatic rings. The quantitative estimate of drug-likeness (QED) is 0.393. The highest BCUT2D eigenvalue weighted by molar-refractivity contribution is 6.32. The van der Waals surface area contributed by atoms with E-state index in [-0.39, 0.29) is 11.5 Å². The SMILES string of the molecule is CCC1CN(CCOc2ccc(C3Oc4cc(O)ccc4C(C)=C3c3ccc(Cl)c(O)c3)cc2)C1. The lowest BCUT2D eigenvalue weighted by Crippen LogP contribution is -2.47. The molecule has 0 bridgehead atoms. The van der Waals surface area contributed by atoms with E-state index in [2.05, 4.69) is 11.8 Å². The summed E-state index contributed by atoms with van der Waals surface area (Å²) < 4.78 is 12.4. The van der Waals surface area contributed by atoms with Crippen LogP contribution in [0.15, 0.2) is 60.7 Å². The molecule has 35 heavy (non-hydrogen) atoms. The van der Waals surface area contributed by atoms with Gasteiger partial charge in [-0.15, -0.1) is 0 Å². The number of allylic oxidation sites excluding steroid dienone is 1. The molecule has 0 saturated carbocycles. The molecular weight excluding hydrogens is 462 g/mol. The smallest absolute Gasteiger partial charge is 0.150 e. The minimum atomic E-state index is -0.425. The van der Waals surface area contributed by atoms with Crippen LogP contribution in [-0.2, 0) is 0 Å². The molecule has 0 radical (unpaired) electrons. The van der Waals surface area contributed by atoms with Crippen LogP contribution in [0, 0.1) is 5.92 Å². The molecule has 1 unspecified atom stereocenters. The number of fused-ring (bicyclic) bond motifs is 1. The number of hydrogen-bond donors (Lipinski definition) is 2. The van der Waals surface area contributed by atoms with Gasteiger partial charge in [-0.3, -0.25) is 4.90 Å². The molecule has 1 saturated heterocycles. The molecule has 5 nitrogen and oxygen atoms in total. The summed E-state index contributed by atoms with van der Waals surface area (Å²) in [6.07, 6.45) is 0.823. The Labute approximate surface area is 211 Å². The highest BCUT2D eigenvalue weighted by Gasteiger charge is 2.30. The Bertz CT molecular complexity index is 1250. The van der Waals surface area contributed by atoms with Crippen LogP contribution in [0.25, 0.3) is 11.1 Å². The maximum absolute atomic E-state index is 10.3. The monoisotopic (exact) mass is 491 g/mol. The predicted octanol–water partition coefficient (Wildman–Crippen LogP) is 6.54. The molecule has 3 aromatic carbocycles. The Morgan fingerprint density at radius 3 is 2.51 bits per heavy atom. The molecule has 6 heteroatoms. The fraction of sp³-hybridized carbons (Fsp3) is 0.310. The van der Waals surface area contributed by atoms with Gasteiger partial charge in [0, 0.05) is 36.8 Å². The fourth-order valence-electron chi connectivity index (χ4n) is 4.88. The molecule has 182 valence electrons. The van der Waals surface area contributed by atoms with E-state index >= 15 is 0 Å². The summed E-state index contributed by atoms with van der Waals surface area (Å²) in [5, 5.41) is 20.6. The van der Waals surface area contributed by atoms with E-state index in [9.17, 15) is 10.2 Å². The van der Waals surface area contributed by atoms with Crippen LogP contribution in [0.4, 0.5) is 0 Å². The number of likely N-dealkylation sites (tertiary alicyclic amines) is 1. The average molecular weight is 492 g/mol. The lowest BCUT2D eigenvalue weighted by atomic mass is 9.86. The van der Waals surface area contributed by atoms with Gasteiger partial charge in [0.25, 0.3) is 0 Å². The molecule has 5 rings (SSSR count). The van der Waals surface area contributed by atoms with Crippen LogP contribution in [-0.4, -0.2) is 41.4 Å². The maximum atomic E-state index is 10.3. The van der Waals surface area contributed by atoms with Crippen molar-refractivity contribution in [1.82, 2.24) is 4.90 Å². The second-order valence-electron chi connectivity index (χ2n) is 9.33. The summed E-state index contributed by atoms with van der Waals surface area (Å²) in [5.41, 5.74) is 4.63. The number of nitrogens with zero attached hydrogens (tertiary/aromatic N) is 1. The van der Waals surface area contributed by atoms with Crippen molar-refractivity contribution in [2.24, 2.45) is 5.92 Å². The Morgan fingerprint density at radius 1 is 1.03 bits per heavy atom. The maximum Gasteiger partial charge on any atom is 0.150 e. The van der Waals surface area contributed by atoms with Crippen LogP contribution in [0.1, 0.15) is 43.1 Å². The van der Waals surface area contributed by atoms with E-state index in [4.69, 9.17) is 21.1 Å². The van der Waals surface area contributed by atoms with Gasteiger partial charge in [-0.05, 0) is 65.9 Å². The normalized spacial score (nSPS) is 18.1. The summed E-state index contributed by atoms with van der Waals surface area (Å²) in [6, 6.07) is 18.3. The lowest BCUT2D eigenvalue weighted by Gasteiger charge is -2.38. The number of phenols is 2. The van der Waals surface area contributed by atoms with E-state index in [1.54, 1.807) is 24.3 Å². The Balaban J connectivity index is 1.40. The van der Waals surface area contributed by atoms with Crippen molar-refractivity contribution in [1.29, 1.82) is 0 Å². The van der Waals surface area contributed by atoms with Crippen molar-refractivity contribution in [3.05, 3.63) is 82.4 Å². The van der Waals surface area contributed by atoms with Crippen molar-refractivity contribution >= 4 is 22.7 Å². The van der Waals surface area contributed by atoms with Crippen molar-refractivity contribution < 1.29 is 19.7 Å². The zero-order valence-corrected chi connectivity index (χ0v) is 20.8. The summed E-state index contributed by atoms with van der Waals surface area (Å²) in [6.45, 7) is 8.22. The van der Waals surface area contributed by atoms with Crippen LogP contribution in [0.2, 0.25) is 5.02 Å². The molecule has 1 fully saturated rings. The topological polar surface area (TPSA) is 62.2 Å². The first-order chi connectivity index (χ1) is 16.9. The van der Waals surface area contributed by atoms with Gasteiger partial charge < -0.3 is 19.7 Å². The first kappa shape index (κ1) is 23.6. The molecule has 0 amide bonds. The van der Waals surface area contributed by atoms with Crippen molar-refractivity contribution in [3.63, 3.8) is 0 Å². The summed E-state index contributed by atoms with van der Waals surface area (Å²) in [5.74, 6) is 2.45. The summed E-state index contributed by atoms with van der Waals surface area (Å²) in [4.78, 5) is 2.42. The minimum Gasteiger partial charge on any atom is -0.508 e. The third kappa shape index (κ3) is 4.84. The predicted molar refractivity (Wildman–Crippen MR) is 139 cm³/mol. The van der Waals surface area contributed by atoms with Crippen LogP contribution >= 0.6 is 11.6 Å². The summed E-state index contributed by atoms with van der Waals surface area (Å²) >= 11 is 6.07. The molecule has 2 aliphatic heterocycles. The number of phenolic OH excluding ortho intramolecular Hbond substituents is 2. The number of hydrogen-bond acceptors (Lipinski definition) is 5. The van der Waals surface area contributed by atoms with Gasteiger partial charge in [0.1, 0.15) is 35.7 Å². The number of halogens is 1. The fourth-order valence-corrected chi connectivity index (χ4v) is 5.00. The molecule has 2 aliphatic rings. The molecular formula is C29H30ClNO4. The van der Waals surface area contributed by atoms with E-state index in [1.807, 2.05) is 43.3 Å². The standard InChI is InChI=1S/C29H30ClNO4/c1-3-19-16-31(17-19)12-13-34-23-8-4-20(5-9-23)29-28(21-6-11-25(30)26(33)14-21)18(2)24-10-7-22(32)15-27(24)35-29/h4-11,14-15,19,29,32-33H,3,12-13,16-17H2,1-2H3. The Morgan fingerprint density at radius 2 is 1.80 bits per heavy atom. The number of ether oxygens (including phenoxy) is 2. The van der Waals surface area contributed by atoms with Crippen LogP contribution < -0.4 is 9.47 Å². The molecule has 0 spiro atoms. The number of benzene rings is 3. The van der Waals surface area contributed by atoms with Gasteiger partial charge in [-0.25, -0.2) is 0 Å². The molecule has 1 atom stereocenters. The van der Waals surface area contributed by atoms with Crippen molar-refractivity contribution in [3.8, 4) is 23.0 Å². The zero-order chi connectivity index (χ0) is 24.5. The Kier molecular flexibility index (Phi) is 6.63. The Hall–Kier alpha value is -3.15. The van der Waals surface area contributed by atoms with Crippen molar-refractivity contribution in [2.45, 2.75) is 26.4 Å². The van der Waals surface area contributed by atoms with Crippen LogP contribution in [0.3, 0.4) is 0 Å². The van der Waals surface area contributed by atoms with E-state index in [0.29, 0.717) is 17.4 Å². The largest absolute Gasteiger partial charge is 0.508 e. The third-order valence-corrected chi connectivity index (χ3v) is 7.33. The number of aromatic hydroxyl groups is 2. The van der Waals surface area contributed by atoms with Crippen molar-refractivity contribution in [2.75, 3.05) is 26.2 Å². The van der Waals surface area contributed by atoms with Gasteiger partial charge in [0.15, 0.2) is 0 Å². The second kappa shape index (κ2) is 9.84. The van der Waals surface area contributed by atoms with E-state index in [0.717, 1.165) is 46.0 Å². The first-order valence-electron chi connectivity index (χ1n) is 12.1. The first-order valence-corrected chi connectivity index (χ1v) is 12.5. The van der Waals surface area contributed by atoms with Gasteiger partial charge in [0.05, 0.1) is 5.02 Å². The number of rotatable bonds is 7. The molecule has 2 N–H and O–H groups in total. The van der Waals surface area contributed by atoms with E-state index in [1.165, 1.54) is 19.5 Å². The summed E-state index contributed by atoms with van der Waals surface area (Å²) in [7, 11) is 0.